The predicted molar refractivity (Wildman–Crippen MR) is 88.6 cm³/mol. The van der Waals surface area contributed by atoms with Gasteiger partial charge in [0, 0.05) is 18.0 Å². The van der Waals surface area contributed by atoms with E-state index in [-0.39, 0.29) is 12.5 Å². The Morgan fingerprint density at radius 1 is 1.43 bits per heavy atom. The molecule has 1 unspecified atom stereocenters. The van der Waals surface area contributed by atoms with Gasteiger partial charge in [0.2, 0.25) is 5.88 Å². The molecule has 0 aromatic heterocycles. The summed E-state index contributed by atoms with van der Waals surface area (Å²) in [6.07, 6.45) is 6.22. The van der Waals surface area contributed by atoms with E-state index in [9.17, 15) is 4.79 Å². The number of allylic oxidation sites excluding steroid dienone is 1. The Bertz CT molecular complexity index is 655. The lowest BCUT2D eigenvalue weighted by molar-refractivity contribution is -0.147. The number of esters is 1. The zero-order valence-corrected chi connectivity index (χ0v) is 13.3. The third kappa shape index (κ3) is 5.34. The molecule has 0 bridgehead atoms. The van der Waals surface area contributed by atoms with E-state index < -0.39 is 12.1 Å². The molecule has 0 radical (unpaired) electrons. The summed E-state index contributed by atoms with van der Waals surface area (Å²) in [5, 5.41) is 0.408. The average molecular weight is 337 g/mol. The first-order valence-corrected chi connectivity index (χ1v) is 7.39. The van der Waals surface area contributed by atoms with Crippen LogP contribution < -0.4 is 10.5 Å². The standard InChI is InChI=1S/C16H17ClN2O4/c1-2-21-16(20)10-22-15-9-12(4-3-7-19-15)23-14-6-5-11(18)8-13(14)17/h3-9,12H,2,10,18H2,1H3. The summed E-state index contributed by atoms with van der Waals surface area (Å²) in [6.45, 7) is 1.81. The summed E-state index contributed by atoms with van der Waals surface area (Å²) in [6, 6.07) is 4.99. The Hall–Kier alpha value is -2.47. The van der Waals surface area contributed by atoms with Crippen molar-refractivity contribution in [2.45, 2.75) is 13.0 Å². The van der Waals surface area contributed by atoms with Crippen molar-refractivity contribution in [1.82, 2.24) is 0 Å². The molecule has 1 aliphatic rings. The highest BCUT2D eigenvalue weighted by atomic mass is 35.5. The van der Waals surface area contributed by atoms with E-state index in [2.05, 4.69) is 4.99 Å². The zero-order chi connectivity index (χ0) is 16.7. The second-order valence-corrected chi connectivity index (χ2v) is 4.94. The molecule has 1 atom stereocenters. The van der Waals surface area contributed by atoms with Crippen molar-refractivity contribution in [2.75, 3.05) is 18.9 Å². The number of benzene rings is 1. The first-order chi connectivity index (χ1) is 11.1. The van der Waals surface area contributed by atoms with Gasteiger partial charge in [0.15, 0.2) is 6.61 Å². The number of hydrogen-bond donors (Lipinski definition) is 1. The molecule has 0 amide bonds. The van der Waals surface area contributed by atoms with E-state index >= 15 is 0 Å². The second-order valence-electron chi connectivity index (χ2n) is 4.53. The Morgan fingerprint density at radius 3 is 3.00 bits per heavy atom. The average Bonchev–Trinajstić information content (AvgIpc) is 2.73. The molecule has 0 fully saturated rings. The molecule has 0 spiro atoms. The molecule has 122 valence electrons. The van der Waals surface area contributed by atoms with Crippen molar-refractivity contribution >= 4 is 29.5 Å². The number of nitrogens with two attached hydrogens (primary N) is 1. The van der Waals surface area contributed by atoms with Crippen LogP contribution in [0.4, 0.5) is 5.69 Å². The van der Waals surface area contributed by atoms with Crippen molar-refractivity contribution in [1.29, 1.82) is 0 Å². The topological polar surface area (TPSA) is 83.1 Å². The number of aliphatic imine (C=N–C) groups is 1. The number of nitrogen functional groups attached to an aromatic ring is 1. The summed E-state index contributed by atoms with van der Waals surface area (Å²) >= 11 is 6.09. The van der Waals surface area contributed by atoms with Gasteiger partial charge in [0.25, 0.3) is 0 Å². The fourth-order valence-electron chi connectivity index (χ4n) is 1.77. The van der Waals surface area contributed by atoms with Gasteiger partial charge >= 0.3 is 5.97 Å². The maximum absolute atomic E-state index is 11.3. The molecular formula is C16H17ClN2O4. The smallest absolute Gasteiger partial charge is 0.344 e. The van der Waals surface area contributed by atoms with Crippen LogP contribution in [0.5, 0.6) is 5.75 Å². The number of halogens is 1. The fraction of sp³-hybridized carbons (Fsp3) is 0.250. The largest absolute Gasteiger partial charge is 0.480 e. The van der Waals surface area contributed by atoms with Crippen molar-refractivity contribution in [3.63, 3.8) is 0 Å². The van der Waals surface area contributed by atoms with E-state index in [0.717, 1.165) is 0 Å². The van der Waals surface area contributed by atoms with Gasteiger partial charge in [-0.25, -0.2) is 9.79 Å². The summed E-state index contributed by atoms with van der Waals surface area (Å²) in [5.41, 5.74) is 6.20. The van der Waals surface area contributed by atoms with Gasteiger partial charge in [0.05, 0.1) is 11.6 Å². The Kier molecular flexibility index (Phi) is 6.05. The minimum Gasteiger partial charge on any atom is -0.480 e. The SMILES string of the molecule is CCOC(=O)COC1=CC(Oc2ccc(N)cc2Cl)C=CC=N1. The van der Waals surface area contributed by atoms with Crippen LogP contribution in [-0.2, 0) is 14.3 Å². The van der Waals surface area contributed by atoms with Crippen LogP contribution in [0.3, 0.4) is 0 Å². The number of ether oxygens (including phenoxy) is 3. The van der Waals surface area contributed by atoms with E-state index in [4.69, 9.17) is 31.5 Å². The summed E-state index contributed by atoms with van der Waals surface area (Å²) in [5.74, 6) is 0.290. The maximum Gasteiger partial charge on any atom is 0.344 e. The molecule has 0 saturated carbocycles. The lowest BCUT2D eigenvalue weighted by Gasteiger charge is -2.14. The normalized spacial score (nSPS) is 16.4. The van der Waals surface area contributed by atoms with Gasteiger partial charge in [0.1, 0.15) is 11.9 Å². The molecule has 1 heterocycles. The first kappa shape index (κ1) is 16.9. The highest BCUT2D eigenvalue weighted by molar-refractivity contribution is 6.32. The van der Waals surface area contributed by atoms with Crippen molar-refractivity contribution in [2.24, 2.45) is 4.99 Å². The Balaban J connectivity index is 2.03. The Morgan fingerprint density at radius 2 is 2.26 bits per heavy atom. The van der Waals surface area contributed by atoms with Crippen LogP contribution in [0.2, 0.25) is 5.02 Å². The van der Waals surface area contributed by atoms with Crippen LogP contribution in [0.25, 0.3) is 0 Å². The molecule has 1 aliphatic heterocycles. The Labute approximate surface area is 139 Å². The van der Waals surface area contributed by atoms with Crippen LogP contribution in [0, 0.1) is 0 Å². The maximum atomic E-state index is 11.3. The number of nitrogens with zero attached hydrogens (tertiary/aromatic N) is 1. The van der Waals surface area contributed by atoms with Gasteiger partial charge in [-0.15, -0.1) is 0 Å². The van der Waals surface area contributed by atoms with Crippen molar-refractivity contribution < 1.29 is 19.0 Å². The first-order valence-electron chi connectivity index (χ1n) is 7.01. The molecule has 0 aliphatic carbocycles. The second kappa shape index (κ2) is 8.24. The third-order valence-corrected chi connectivity index (χ3v) is 3.05. The number of hydrogen-bond acceptors (Lipinski definition) is 6. The highest BCUT2D eigenvalue weighted by Gasteiger charge is 2.12. The van der Waals surface area contributed by atoms with Crippen LogP contribution in [0.15, 0.2) is 47.3 Å². The van der Waals surface area contributed by atoms with Crippen molar-refractivity contribution in [3.8, 4) is 5.75 Å². The van der Waals surface area contributed by atoms with E-state index in [0.29, 0.717) is 23.1 Å². The molecule has 2 rings (SSSR count). The third-order valence-electron chi connectivity index (χ3n) is 2.76. The molecule has 2 N–H and O–H groups in total. The quantitative estimate of drug-likeness (QED) is 0.638. The van der Waals surface area contributed by atoms with Gasteiger partial charge < -0.3 is 19.9 Å². The minimum absolute atomic E-state index is 0.216. The monoisotopic (exact) mass is 336 g/mol. The minimum atomic E-state index is -0.458. The number of carbonyl (C=O) groups is 1. The fourth-order valence-corrected chi connectivity index (χ4v) is 2.00. The summed E-state index contributed by atoms with van der Waals surface area (Å²) in [4.78, 5) is 15.4. The summed E-state index contributed by atoms with van der Waals surface area (Å²) < 4.78 is 15.9. The van der Waals surface area contributed by atoms with E-state index in [1.807, 2.05) is 0 Å². The molecule has 1 aromatic carbocycles. The van der Waals surface area contributed by atoms with Gasteiger partial charge in [-0.1, -0.05) is 11.6 Å². The van der Waals surface area contributed by atoms with Crippen molar-refractivity contribution in [3.05, 3.63) is 47.3 Å². The molecule has 23 heavy (non-hydrogen) atoms. The lowest BCUT2D eigenvalue weighted by atomic mass is 10.3. The van der Waals surface area contributed by atoms with Gasteiger partial charge in [-0.2, -0.15) is 0 Å². The zero-order valence-electron chi connectivity index (χ0n) is 12.6. The predicted octanol–water partition coefficient (Wildman–Crippen LogP) is 2.73. The highest BCUT2D eigenvalue weighted by Crippen LogP contribution is 2.28. The van der Waals surface area contributed by atoms with E-state index in [1.165, 1.54) is 0 Å². The van der Waals surface area contributed by atoms with Gasteiger partial charge in [-0.05, 0) is 37.3 Å². The number of rotatable bonds is 6. The van der Waals surface area contributed by atoms with E-state index in [1.54, 1.807) is 49.6 Å². The summed E-state index contributed by atoms with van der Waals surface area (Å²) in [7, 11) is 0. The van der Waals surface area contributed by atoms with Crippen LogP contribution in [-0.4, -0.2) is 31.5 Å². The molecule has 7 heteroatoms. The molecule has 1 aromatic rings. The number of carbonyl (C=O) groups excluding carboxylic acids is 1. The molecule has 0 saturated heterocycles. The molecule has 6 nitrogen and oxygen atoms in total. The lowest BCUT2D eigenvalue weighted by Crippen LogP contribution is -2.14. The van der Waals surface area contributed by atoms with Crippen LogP contribution in [0.1, 0.15) is 6.92 Å². The number of anilines is 1. The molecular weight excluding hydrogens is 320 g/mol. The van der Waals surface area contributed by atoms with Crippen LogP contribution >= 0.6 is 11.6 Å². The van der Waals surface area contributed by atoms with Gasteiger partial charge in [-0.3, -0.25) is 0 Å².